The van der Waals surface area contributed by atoms with Crippen LogP contribution >= 0.6 is 0 Å². The Morgan fingerprint density at radius 1 is 1.33 bits per heavy atom. The third-order valence-electron chi connectivity index (χ3n) is 3.88. The number of rotatable bonds is 8. The van der Waals surface area contributed by atoms with Gasteiger partial charge < -0.3 is 10.1 Å². The molecule has 0 bridgehead atoms. The van der Waals surface area contributed by atoms with Crippen molar-refractivity contribution in [2.45, 2.75) is 37.6 Å². The molecule has 2 N–H and O–H groups in total. The highest BCUT2D eigenvalue weighted by Gasteiger charge is 2.24. The summed E-state index contributed by atoms with van der Waals surface area (Å²) in [5, 5.41) is 3.19. The maximum Gasteiger partial charge on any atom is 0.244 e. The Morgan fingerprint density at radius 3 is 2.67 bits per heavy atom. The van der Waals surface area contributed by atoms with E-state index >= 15 is 0 Å². The molecule has 1 fully saturated rings. The molecule has 118 valence electrons. The molecule has 0 unspecified atom stereocenters. The molecule has 0 atom stereocenters. The Kier molecular flexibility index (Phi) is 5.61. The fourth-order valence-corrected chi connectivity index (χ4v) is 3.65. The highest BCUT2D eigenvalue weighted by atomic mass is 32.2. The molecule has 6 heteroatoms. The van der Waals surface area contributed by atoms with Gasteiger partial charge in [0.15, 0.2) is 0 Å². The molecule has 2 rings (SSSR count). The highest BCUT2D eigenvalue weighted by Crippen LogP contribution is 2.28. The number of nitrogens with one attached hydrogen (secondary N) is 2. The second-order valence-electron chi connectivity index (χ2n) is 5.41. The van der Waals surface area contributed by atoms with Crippen LogP contribution in [0, 0.1) is 5.92 Å². The lowest BCUT2D eigenvalue weighted by Gasteiger charge is -2.25. The molecular weight excluding hydrogens is 288 g/mol. The van der Waals surface area contributed by atoms with Crippen molar-refractivity contribution in [2.75, 3.05) is 20.2 Å². The number of ether oxygens (including phenoxy) is 1. The van der Waals surface area contributed by atoms with Crippen LogP contribution in [0.3, 0.4) is 0 Å². The molecule has 0 radical (unpaired) electrons. The summed E-state index contributed by atoms with van der Waals surface area (Å²) < 4.78 is 32.8. The van der Waals surface area contributed by atoms with Crippen molar-refractivity contribution in [3.63, 3.8) is 0 Å². The van der Waals surface area contributed by atoms with E-state index in [-0.39, 0.29) is 4.90 Å². The molecule has 0 heterocycles. The smallest absolute Gasteiger partial charge is 0.244 e. The van der Waals surface area contributed by atoms with Gasteiger partial charge in [-0.2, -0.15) is 0 Å². The van der Waals surface area contributed by atoms with E-state index in [1.54, 1.807) is 12.1 Å². The average molecular weight is 312 g/mol. The van der Waals surface area contributed by atoms with Gasteiger partial charge in [-0.1, -0.05) is 19.4 Å². The molecule has 1 aliphatic carbocycles. The average Bonchev–Trinajstić information content (AvgIpc) is 2.43. The van der Waals surface area contributed by atoms with E-state index in [0.29, 0.717) is 24.8 Å². The molecule has 0 amide bonds. The fraction of sp³-hybridized carbons (Fsp3) is 0.600. The normalized spacial score (nSPS) is 15.7. The standard InChI is InChI=1S/C15H24N2O3S/c1-3-16-10-13-7-8-14(20-2)15(9-13)21(18,19)17-11-12-5-4-6-12/h7-9,12,16-17H,3-6,10-11H2,1-2H3. The van der Waals surface area contributed by atoms with Gasteiger partial charge in [-0.05, 0) is 43.0 Å². The number of sulfonamides is 1. The minimum absolute atomic E-state index is 0.222. The first-order valence-electron chi connectivity index (χ1n) is 7.44. The van der Waals surface area contributed by atoms with Crippen molar-refractivity contribution < 1.29 is 13.2 Å². The lowest BCUT2D eigenvalue weighted by atomic mass is 9.86. The Bertz CT molecular complexity index is 568. The molecular formula is C15H24N2O3S. The SMILES string of the molecule is CCNCc1ccc(OC)c(S(=O)(=O)NCC2CCC2)c1. The molecule has 1 aromatic rings. The molecule has 0 aromatic heterocycles. The Balaban J connectivity index is 2.17. The summed E-state index contributed by atoms with van der Waals surface area (Å²) in [4.78, 5) is 0.222. The predicted molar refractivity (Wildman–Crippen MR) is 82.9 cm³/mol. The number of hydrogen-bond acceptors (Lipinski definition) is 4. The summed E-state index contributed by atoms with van der Waals surface area (Å²) in [6.07, 6.45) is 3.42. The molecule has 1 saturated carbocycles. The molecule has 0 saturated heterocycles. The molecule has 0 spiro atoms. The summed E-state index contributed by atoms with van der Waals surface area (Å²) >= 11 is 0. The molecule has 1 aromatic carbocycles. The van der Waals surface area contributed by atoms with Crippen LogP contribution in [0.2, 0.25) is 0 Å². The van der Waals surface area contributed by atoms with Crippen LogP contribution in [0.5, 0.6) is 5.75 Å². The second-order valence-corrected chi connectivity index (χ2v) is 7.15. The summed E-state index contributed by atoms with van der Waals surface area (Å²) in [7, 11) is -2.03. The van der Waals surface area contributed by atoms with Gasteiger partial charge in [0, 0.05) is 13.1 Å². The lowest BCUT2D eigenvalue weighted by Crippen LogP contribution is -2.32. The minimum Gasteiger partial charge on any atom is -0.495 e. The van der Waals surface area contributed by atoms with Gasteiger partial charge in [-0.15, -0.1) is 0 Å². The first kappa shape index (κ1) is 16.3. The first-order chi connectivity index (χ1) is 10.1. The molecule has 0 aliphatic heterocycles. The summed E-state index contributed by atoms with van der Waals surface area (Å²) in [6, 6.07) is 5.28. The van der Waals surface area contributed by atoms with E-state index in [2.05, 4.69) is 10.0 Å². The van der Waals surface area contributed by atoms with Gasteiger partial charge in [0.05, 0.1) is 7.11 Å². The van der Waals surface area contributed by atoms with Crippen molar-refractivity contribution in [3.8, 4) is 5.75 Å². The van der Waals surface area contributed by atoms with E-state index in [1.165, 1.54) is 13.5 Å². The van der Waals surface area contributed by atoms with Crippen LogP contribution in [0.15, 0.2) is 23.1 Å². The van der Waals surface area contributed by atoms with E-state index in [0.717, 1.165) is 24.9 Å². The number of hydrogen-bond donors (Lipinski definition) is 2. The van der Waals surface area contributed by atoms with Crippen LogP contribution in [0.1, 0.15) is 31.7 Å². The monoisotopic (exact) mass is 312 g/mol. The largest absolute Gasteiger partial charge is 0.495 e. The van der Waals surface area contributed by atoms with Crippen LogP contribution in [-0.2, 0) is 16.6 Å². The van der Waals surface area contributed by atoms with Gasteiger partial charge in [0.2, 0.25) is 10.0 Å². The van der Waals surface area contributed by atoms with Gasteiger partial charge in [-0.25, -0.2) is 13.1 Å². The molecule has 1 aliphatic rings. The maximum absolute atomic E-state index is 12.5. The van der Waals surface area contributed by atoms with E-state index in [9.17, 15) is 8.42 Å². The Hall–Kier alpha value is -1.11. The van der Waals surface area contributed by atoms with Gasteiger partial charge in [0.1, 0.15) is 10.6 Å². The van der Waals surface area contributed by atoms with E-state index in [1.807, 2.05) is 13.0 Å². The third kappa shape index (κ3) is 4.18. The van der Waals surface area contributed by atoms with Crippen LogP contribution in [0.4, 0.5) is 0 Å². The molecule has 5 nitrogen and oxygen atoms in total. The summed E-state index contributed by atoms with van der Waals surface area (Å²) in [5.41, 5.74) is 0.932. The highest BCUT2D eigenvalue weighted by molar-refractivity contribution is 7.89. The lowest BCUT2D eigenvalue weighted by molar-refractivity contribution is 0.316. The van der Waals surface area contributed by atoms with Crippen molar-refractivity contribution >= 4 is 10.0 Å². The van der Waals surface area contributed by atoms with Crippen LogP contribution in [-0.4, -0.2) is 28.6 Å². The molecule has 21 heavy (non-hydrogen) atoms. The minimum atomic E-state index is -3.52. The van der Waals surface area contributed by atoms with Crippen molar-refractivity contribution in [3.05, 3.63) is 23.8 Å². The van der Waals surface area contributed by atoms with Gasteiger partial charge in [0.25, 0.3) is 0 Å². The third-order valence-corrected chi connectivity index (χ3v) is 5.33. The Labute approximate surface area is 127 Å². The van der Waals surface area contributed by atoms with Gasteiger partial charge >= 0.3 is 0 Å². The fourth-order valence-electron chi connectivity index (χ4n) is 2.31. The zero-order chi connectivity index (χ0) is 15.3. The maximum atomic E-state index is 12.5. The van der Waals surface area contributed by atoms with E-state index in [4.69, 9.17) is 4.74 Å². The second kappa shape index (κ2) is 7.24. The van der Waals surface area contributed by atoms with Gasteiger partial charge in [-0.3, -0.25) is 0 Å². The van der Waals surface area contributed by atoms with Crippen molar-refractivity contribution in [1.82, 2.24) is 10.0 Å². The van der Waals surface area contributed by atoms with E-state index < -0.39 is 10.0 Å². The van der Waals surface area contributed by atoms with Crippen LogP contribution in [0.25, 0.3) is 0 Å². The summed E-state index contributed by atoms with van der Waals surface area (Å²) in [6.45, 7) is 4.02. The zero-order valence-electron chi connectivity index (χ0n) is 12.7. The number of benzene rings is 1. The van der Waals surface area contributed by atoms with Crippen molar-refractivity contribution in [1.29, 1.82) is 0 Å². The number of methoxy groups -OCH3 is 1. The zero-order valence-corrected chi connectivity index (χ0v) is 13.5. The van der Waals surface area contributed by atoms with Crippen molar-refractivity contribution in [2.24, 2.45) is 5.92 Å². The predicted octanol–water partition coefficient (Wildman–Crippen LogP) is 1.88. The Morgan fingerprint density at radius 2 is 2.10 bits per heavy atom. The first-order valence-corrected chi connectivity index (χ1v) is 8.92. The summed E-state index contributed by atoms with van der Waals surface area (Å²) in [5.74, 6) is 0.868. The van der Waals surface area contributed by atoms with Crippen LogP contribution < -0.4 is 14.8 Å². The topological polar surface area (TPSA) is 67.4 Å². The quantitative estimate of drug-likeness (QED) is 0.769.